The van der Waals surface area contributed by atoms with Gasteiger partial charge >= 0.3 is 0 Å². The topological polar surface area (TPSA) is 46.2 Å². The summed E-state index contributed by atoms with van der Waals surface area (Å²) in [5.74, 6) is 0.574. The van der Waals surface area contributed by atoms with Crippen molar-refractivity contribution in [1.82, 2.24) is 4.72 Å². The van der Waals surface area contributed by atoms with Gasteiger partial charge in [0, 0.05) is 6.04 Å². The quantitative estimate of drug-likeness (QED) is 0.834. The van der Waals surface area contributed by atoms with Crippen molar-refractivity contribution in [1.29, 1.82) is 0 Å². The fraction of sp³-hybridized carbons (Fsp3) is 0.600. The zero-order valence-corrected chi connectivity index (χ0v) is 13.1. The van der Waals surface area contributed by atoms with Crippen molar-refractivity contribution in [3.8, 4) is 0 Å². The van der Waals surface area contributed by atoms with Crippen LogP contribution in [-0.2, 0) is 16.4 Å². The molecular weight excluding hydrogens is 258 g/mol. The molecule has 0 heterocycles. The molecule has 19 heavy (non-hydrogen) atoms. The van der Waals surface area contributed by atoms with Crippen molar-refractivity contribution in [2.75, 3.05) is 0 Å². The van der Waals surface area contributed by atoms with Gasteiger partial charge in [-0.15, -0.1) is 0 Å². The van der Waals surface area contributed by atoms with Crippen LogP contribution in [0.4, 0.5) is 0 Å². The van der Waals surface area contributed by atoms with Crippen LogP contribution in [0.25, 0.3) is 0 Å². The third-order valence-electron chi connectivity index (χ3n) is 2.96. The normalized spacial score (nSPS) is 13.7. The molecule has 0 aliphatic rings. The van der Waals surface area contributed by atoms with E-state index in [0.29, 0.717) is 10.8 Å². The highest BCUT2D eigenvalue weighted by Crippen LogP contribution is 2.14. The van der Waals surface area contributed by atoms with Crippen molar-refractivity contribution in [3.63, 3.8) is 0 Å². The van der Waals surface area contributed by atoms with Gasteiger partial charge in [-0.2, -0.15) is 0 Å². The Bertz CT molecular complexity index is 477. The predicted molar refractivity (Wildman–Crippen MR) is 79.7 cm³/mol. The van der Waals surface area contributed by atoms with Gasteiger partial charge in [0.1, 0.15) is 0 Å². The maximum Gasteiger partial charge on any atom is 0.240 e. The molecule has 0 saturated heterocycles. The van der Waals surface area contributed by atoms with Crippen LogP contribution in [0.1, 0.15) is 46.1 Å². The minimum atomic E-state index is -3.38. The molecule has 3 nitrogen and oxygen atoms in total. The molecule has 1 unspecified atom stereocenters. The van der Waals surface area contributed by atoms with E-state index in [0.717, 1.165) is 19.3 Å². The molecule has 108 valence electrons. The molecule has 0 spiro atoms. The van der Waals surface area contributed by atoms with Gasteiger partial charge < -0.3 is 0 Å². The number of rotatable bonds is 7. The van der Waals surface area contributed by atoms with Crippen LogP contribution in [0.3, 0.4) is 0 Å². The van der Waals surface area contributed by atoms with Gasteiger partial charge in [0.2, 0.25) is 10.0 Å². The molecule has 0 radical (unpaired) electrons. The predicted octanol–water partition coefficient (Wildman–Crippen LogP) is 3.35. The molecule has 0 aliphatic heterocycles. The standard InChI is InChI=1S/C15H25NO2S/c1-5-6-13(4)16-19(17,18)15-9-7-14(8-10-15)11-12(2)3/h7-10,12-13,16H,5-6,11H2,1-4H3. The lowest BCUT2D eigenvalue weighted by Crippen LogP contribution is -2.32. The van der Waals surface area contributed by atoms with Crippen molar-refractivity contribution in [2.24, 2.45) is 5.92 Å². The van der Waals surface area contributed by atoms with E-state index < -0.39 is 10.0 Å². The van der Waals surface area contributed by atoms with Gasteiger partial charge in [-0.05, 0) is 43.4 Å². The largest absolute Gasteiger partial charge is 0.240 e. The summed E-state index contributed by atoms with van der Waals surface area (Å²) in [7, 11) is -3.38. The SMILES string of the molecule is CCCC(C)NS(=O)(=O)c1ccc(CC(C)C)cc1. The van der Waals surface area contributed by atoms with E-state index in [1.807, 2.05) is 26.0 Å². The summed E-state index contributed by atoms with van der Waals surface area (Å²) in [5, 5.41) is 0. The zero-order valence-electron chi connectivity index (χ0n) is 12.3. The molecule has 0 aromatic heterocycles. The number of sulfonamides is 1. The lowest BCUT2D eigenvalue weighted by Gasteiger charge is -2.13. The molecule has 1 N–H and O–H groups in total. The van der Waals surface area contributed by atoms with Crippen molar-refractivity contribution >= 4 is 10.0 Å². The molecule has 0 aliphatic carbocycles. The second-order valence-electron chi connectivity index (χ2n) is 5.55. The summed E-state index contributed by atoms with van der Waals surface area (Å²) in [6, 6.07) is 7.17. The fourth-order valence-corrected chi connectivity index (χ4v) is 3.38. The summed E-state index contributed by atoms with van der Waals surface area (Å²) in [4.78, 5) is 0.350. The van der Waals surface area contributed by atoms with Gasteiger partial charge in [0.05, 0.1) is 4.90 Å². The molecule has 1 atom stereocenters. The Kier molecular flexibility index (Phi) is 6.01. The van der Waals surface area contributed by atoms with Crippen LogP contribution in [0.15, 0.2) is 29.2 Å². The monoisotopic (exact) mass is 283 g/mol. The molecule has 0 fully saturated rings. The molecular formula is C15H25NO2S. The van der Waals surface area contributed by atoms with Crippen molar-refractivity contribution in [2.45, 2.75) is 57.9 Å². The number of nitrogens with one attached hydrogen (secondary N) is 1. The molecule has 1 rings (SSSR count). The summed E-state index contributed by atoms with van der Waals surface area (Å²) >= 11 is 0. The molecule has 1 aromatic carbocycles. The molecule has 0 amide bonds. The highest BCUT2D eigenvalue weighted by Gasteiger charge is 2.16. The highest BCUT2D eigenvalue weighted by atomic mass is 32.2. The first-order chi connectivity index (χ1) is 8.85. The van der Waals surface area contributed by atoms with E-state index in [2.05, 4.69) is 18.6 Å². The highest BCUT2D eigenvalue weighted by molar-refractivity contribution is 7.89. The van der Waals surface area contributed by atoms with E-state index in [9.17, 15) is 8.42 Å². The summed E-state index contributed by atoms with van der Waals surface area (Å²) < 4.78 is 27.0. The lowest BCUT2D eigenvalue weighted by atomic mass is 10.0. The Labute approximate surface area is 117 Å². The van der Waals surface area contributed by atoms with Crippen LogP contribution in [-0.4, -0.2) is 14.5 Å². The van der Waals surface area contributed by atoms with E-state index >= 15 is 0 Å². The first-order valence-corrected chi connectivity index (χ1v) is 8.44. The first kappa shape index (κ1) is 16.2. The average Bonchev–Trinajstić information content (AvgIpc) is 2.28. The van der Waals surface area contributed by atoms with E-state index in [-0.39, 0.29) is 6.04 Å². The maximum absolute atomic E-state index is 12.1. The Balaban J connectivity index is 2.79. The van der Waals surface area contributed by atoms with Crippen molar-refractivity contribution < 1.29 is 8.42 Å². The van der Waals surface area contributed by atoms with Crippen LogP contribution in [0.5, 0.6) is 0 Å². The van der Waals surface area contributed by atoms with E-state index in [4.69, 9.17) is 0 Å². The molecule has 4 heteroatoms. The summed E-state index contributed by atoms with van der Waals surface area (Å²) in [6.07, 6.45) is 2.79. The number of hydrogen-bond acceptors (Lipinski definition) is 2. The van der Waals surface area contributed by atoms with Crippen LogP contribution >= 0.6 is 0 Å². The van der Waals surface area contributed by atoms with Crippen molar-refractivity contribution in [3.05, 3.63) is 29.8 Å². The van der Waals surface area contributed by atoms with Gasteiger partial charge in [-0.25, -0.2) is 13.1 Å². The molecule has 1 aromatic rings. The average molecular weight is 283 g/mol. The lowest BCUT2D eigenvalue weighted by molar-refractivity contribution is 0.544. The second-order valence-corrected chi connectivity index (χ2v) is 7.27. The summed E-state index contributed by atoms with van der Waals surface area (Å²) in [5.41, 5.74) is 1.18. The maximum atomic E-state index is 12.1. The van der Waals surface area contributed by atoms with Gasteiger partial charge in [-0.3, -0.25) is 0 Å². The second kappa shape index (κ2) is 7.06. The Morgan fingerprint density at radius 1 is 1.11 bits per heavy atom. The third-order valence-corrected chi connectivity index (χ3v) is 4.56. The minimum absolute atomic E-state index is 0.0228. The minimum Gasteiger partial charge on any atom is -0.208 e. The van der Waals surface area contributed by atoms with Gasteiger partial charge in [0.15, 0.2) is 0 Å². The van der Waals surface area contributed by atoms with E-state index in [1.54, 1.807) is 12.1 Å². The van der Waals surface area contributed by atoms with Gasteiger partial charge in [-0.1, -0.05) is 39.3 Å². The van der Waals surface area contributed by atoms with E-state index in [1.165, 1.54) is 5.56 Å². The molecule has 0 saturated carbocycles. The van der Waals surface area contributed by atoms with Crippen LogP contribution < -0.4 is 4.72 Å². The zero-order chi connectivity index (χ0) is 14.5. The third kappa shape index (κ3) is 5.33. The van der Waals surface area contributed by atoms with Gasteiger partial charge in [0.25, 0.3) is 0 Å². The smallest absolute Gasteiger partial charge is 0.208 e. The molecule has 0 bridgehead atoms. The summed E-state index contributed by atoms with van der Waals surface area (Å²) in [6.45, 7) is 8.25. The Morgan fingerprint density at radius 3 is 2.16 bits per heavy atom. The Hall–Kier alpha value is -0.870. The van der Waals surface area contributed by atoms with Crippen LogP contribution in [0, 0.1) is 5.92 Å². The number of benzene rings is 1. The Morgan fingerprint density at radius 2 is 1.68 bits per heavy atom. The fourth-order valence-electron chi connectivity index (χ4n) is 2.10. The number of hydrogen-bond donors (Lipinski definition) is 1. The first-order valence-electron chi connectivity index (χ1n) is 6.96. The van der Waals surface area contributed by atoms with Crippen LogP contribution in [0.2, 0.25) is 0 Å².